The number of carbonyl (C=O) groups is 1. The molecule has 6 heteroatoms. The van der Waals surface area contributed by atoms with Crippen LogP contribution in [-0.2, 0) is 11.3 Å². The van der Waals surface area contributed by atoms with E-state index in [4.69, 9.17) is 0 Å². The van der Waals surface area contributed by atoms with Crippen molar-refractivity contribution in [2.45, 2.75) is 6.54 Å². The number of aromatic hydroxyl groups is 1. The van der Waals surface area contributed by atoms with Gasteiger partial charge in [0.15, 0.2) is 0 Å². The second-order valence-corrected chi connectivity index (χ2v) is 6.01. The summed E-state index contributed by atoms with van der Waals surface area (Å²) >= 11 is 0. The number of amides is 1. The first-order chi connectivity index (χ1) is 11.7. The van der Waals surface area contributed by atoms with Crippen LogP contribution in [0.25, 0.3) is 0 Å². The summed E-state index contributed by atoms with van der Waals surface area (Å²) in [6.07, 6.45) is 3.33. The van der Waals surface area contributed by atoms with Crippen LogP contribution >= 0.6 is 0 Å². The van der Waals surface area contributed by atoms with E-state index in [0.717, 1.165) is 44.0 Å². The molecule has 0 bridgehead atoms. The number of anilines is 1. The number of benzene rings is 1. The molecular formula is C18H22N4O2. The number of aromatic nitrogens is 1. The summed E-state index contributed by atoms with van der Waals surface area (Å²) < 4.78 is 0. The maximum absolute atomic E-state index is 12.1. The zero-order valence-electron chi connectivity index (χ0n) is 13.6. The fraction of sp³-hybridized carbons (Fsp3) is 0.333. The van der Waals surface area contributed by atoms with Gasteiger partial charge in [0.25, 0.3) is 0 Å². The predicted molar refractivity (Wildman–Crippen MR) is 92.7 cm³/mol. The summed E-state index contributed by atoms with van der Waals surface area (Å²) in [4.78, 5) is 20.6. The number of rotatable bonds is 5. The van der Waals surface area contributed by atoms with Crippen LogP contribution in [0.4, 0.5) is 5.69 Å². The lowest BCUT2D eigenvalue weighted by Crippen LogP contribution is -2.48. The van der Waals surface area contributed by atoms with E-state index in [1.165, 1.54) is 0 Å². The summed E-state index contributed by atoms with van der Waals surface area (Å²) in [7, 11) is 0. The van der Waals surface area contributed by atoms with Gasteiger partial charge in [0.05, 0.1) is 18.4 Å². The molecule has 1 amide bonds. The minimum absolute atomic E-state index is 0.00979. The van der Waals surface area contributed by atoms with Crippen LogP contribution < -0.4 is 5.32 Å². The fourth-order valence-corrected chi connectivity index (χ4v) is 2.86. The van der Waals surface area contributed by atoms with Crippen LogP contribution in [0.1, 0.15) is 5.56 Å². The normalized spacial score (nSPS) is 16.0. The Balaban J connectivity index is 1.42. The van der Waals surface area contributed by atoms with E-state index < -0.39 is 0 Å². The van der Waals surface area contributed by atoms with Gasteiger partial charge in [-0.05, 0) is 29.8 Å². The quantitative estimate of drug-likeness (QED) is 0.872. The molecule has 1 aromatic heterocycles. The summed E-state index contributed by atoms with van der Waals surface area (Å²) in [6, 6.07) is 11.0. The number of carbonyl (C=O) groups excluding carboxylic acids is 1. The first-order valence-corrected chi connectivity index (χ1v) is 8.11. The number of nitrogens with one attached hydrogen (secondary N) is 1. The molecule has 24 heavy (non-hydrogen) atoms. The highest BCUT2D eigenvalue weighted by atomic mass is 16.3. The maximum Gasteiger partial charge on any atom is 0.238 e. The van der Waals surface area contributed by atoms with Gasteiger partial charge in [-0.2, -0.15) is 0 Å². The molecule has 1 aliphatic heterocycles. The smallest absolute Gasteiger partial charge is 0.238 e. The number of phenols is 1. The van der Waals surface area contributed by atoms with Gasteiger partial charge in [-0.3, -0.25) is 19.6 Å². The van der Waals surface area contributed by atoms with E-state index in [9.17, 15) is 9.90 Å². The Labute approximate surface area is 141 Å². The third-order valence-corrected chi connectivity index (χ3v) is 4.09. The number of hydrogen-bond donors (Lipinski definition) is 2. The topological polar surface area (TPSA) is 68.7 Å². The molecule has 0 atom stereocenters. The van der Waals surface area contributed by atoms with Crippen LogP contribution in [0, 0.1) is 0 Å². The van der Waals surface area contributed by atoms with Crippen molar-refractivity contribution in [3.05, 3.63) is 54.4 Å². The minimum Gasteiger partial charge on any atom is -0.508 e. The molecule has 0 radical (unpaired) electrons. The molecule has 0 aliphatic carbocycles. The van der Waals surface area contributed by atoms with E-state index in [0.29, 0.717) is 12.3 Å². The molecule has 6 nitrogen and oxygen atoms in total. The summed E-state index contributed by atoms with van der Waals surface area (Å²) in [5.41, 5.74) is 1.84. The van der Waals surface area contributed by atoms with Crippen molar-refractivity contribution in [2.75, 3.05) is 38.0 Å². The number of hydrogen-bond acceptors (Lipinski definition) is 5. The number of pyridine rings is 1. The van der Waals surface area contributed by atoms with Crippen LogP contribution in [0.15, 0.2) is 48.8 Å². The Kier molecular flexibility index (Phi) is 5.40. The molecule has 2 aromatic rings. The van der Waals surface area contributed by atoms with Gasteiger partial charge in [0.1, 0.15) is 5.75 Å². The van der Waals surface area contributed by atoms with Gasteiger partial charge < -0.3 is 10.4 Å². The molecule has 126 valence electrons. The predicted octanol–water partition coefficient (Wildman–Crippen LogP) is 1.54. The highest BCUT2D eigenvalue weighted by molar-refractivity contribution is 5.92. The Morgan fingerprint density at radius 3 is 2.62 bits per heavy atom. The SMILES string of the molecule is O=C(CN1CCN(Cc2cccc(O)c2)CC1)Nc1cccnc1. The van der Waals surface area contributed by atoms with Crippen molar-refractivity contribution in [3.8, 4) is 5.75 Å². The Hall–Kier alpha value is -2.44. The molecular weight excluding hydrogens is 304 g/mol. The summed E-state index contributed by atoms with van der Waals surface area (Å²) in [5.74, 6) is 0.294. The van der Waals surface area contributed by atoms with Gasteiger partial charge in [-0.15, -0.1) is 0 Å². The molecule has 0 saturated carbocycles. The molecule has 2 heterocycles. The molecule has 1 fully saturated rings. The average molecular weight is 326 g/mol. The van der Waals surface area contributed by atoms with E-state index in [1.54, 1.807) is 30.6 Å². The molecule has 2 N–H and O–H groups in total. The second kappa shape index (κ2) is 7.90. The van der Waals surface area contributed by atoms with Crippen molar-refractivity contribution >= 4 is 11.6 Å². The maximum atomic E-state index is 12.1. The van der Waals surface area contributed by atoms with Crippen molar-refractivity contribution in [3.63, 3.8) is 0 Å². The minimum atomic E-state index is -0.00979. The lowest BCUT2D eigenvalue weighted by Gasteiger charge is -2.34. The molecule has 1 saturated heterocycles. The van der Waals surface area contributed by atoms with Crippen LogP contribution in [0.2, 0.25) is 0 Å². The second-order valence-electron chi connectivity index (χ2n) is 6.01. The monoisotopic (exact) mass is 326 g/mol. The highest BCUT2D eigenvalue weighted by Gasteiger charge is 2.19. The molecule has 1 aliphatic rings. The van der Waals surface area contributed by atoms with E-state index in [2.05, 4.69) is 20.1 Å². The van der Waals surface area contributed by atoms with Gasteiger partial charge in [-0.1, -0.05) is 12.1 Å². The summed E-state index contributed by atoms with van der Waals surface area (Å²) in [5, 5.41) is 12.4. The lowest BCUT2D eigenvalue weighted by atomic mass is 10.2. The zero-order valence-corrected chi connectivity index (χ0v) is 13.6. The molecule has 1 aromatic carbocycles. The van der Waals surface area contributed by atoms with E-state index >= 15 is 0 Å². The highest BCUT2D eigenvalue weighted by Crippen LogP contribution is 2.14. The largest absolute Gasteiger partial charge is 0.508 e. The third kappa shape index (κ3) is 4.78. The third-order valence-electron chi connectivity index (χ3n) is 4.09. The van der Waals surface area contributed by atoms with Crippen molar-refractivity contribution in [1.29, 1.82) is 0 Å². The first kappa shape index (κ1) is 16.4. The Morgan fingerprint density at radius 2 is 1.92 bits per heavy atom. The average Bonchev–Trinajstić information content (AvgIpc) is 2.57. The van der Waals surface area contributed by atoms with Crippen LogP contribution in [0.5, 0.6) is 5.75 Å². The van der Waals surface area contributed by atoms with Crippen molar-refractivity contribution < 1.29 is 9.90 Å². The Bertz CT molecular complexity index is 670. The zero-order chi connectivity index (χ0) is 16.8. The molecule has 3 rings (SSSR count). The number of piperazine rings is 1. The van der Waals surface area contributed by atoms with Gasteiger partial charge >= 0.3 is 0 Å². The standard InChI is InChI=1S/C18H22N4O2/c23-17-5-1-3-15(11-17)13-21-7-9-22(10-8-21)14-18(24)20-16-4-2-6-19-12-16/h1-6,11-12,23H,7-10,13-14H2,(H,20,24). The van der Waals surface area contributed by atoms with E-state index in [1.807, 2.05) is 18.2 Å². The number of nitrogens with zero attached hydrogens (tertiary/aromatic N) is 3. The molecule has 0 spiro atoms. The Morgan fingerprint density at radius 1 is 1.12 bits per heavy atom. The van der Waals surface area contributed by atoms with Crippen molar-refractivity contribution in [1.82, 2.24) is 14.8 Å². The lowest BCUT2D eigenvalue weighted by molar-refractivity contribution is -0.117. The van der Waals surface area contributed by atoms with Gasteiger partial charge in [0.2, 0.25) is 5.91 Å². The van der Waals surface area contributed by atoms with Crippen LogP contribution in [0.3, 0.4) is 0 Å². The first-order valence-electron chi connectivity index (χ1n) is 8.11. The summed E-state index contributed by atoms with van der Waals surface area (Å²) in [6.45, 7) is 4.77. The molecule has 0 unspecified atom stereocenters. The van der Waals surface area contributed by atoms with Crippen molar-refractivity contribution in [2.24, 2.45) is 0 Å². The van der Waals surface area contributed by atoms with Gasteiger partial charge in [-0.25, -0.2) is 0 Å². The van der Waals surface area contributed by atoms with Crippen LogP contribution in [-0.4, -0.2) is 58.5 Å². The number of phenolic OH excluding ortho intramolecular Hbond substituents is 1. The fourth-order valence-electron chi connectivity index (χ4n) is 2.86. The van der Waals surface area contributed by atoms with E-state index in [-0.39, 0.29) is 5.91 Å². The van der Waals surface area contributed by atoms with Gasteiger partial charge in [0, 0.05) is 38.9 Å².